The van der Waals surface area contributed by atoms with E-state index in [0.29, 0.717) is 16.8 Å². The number of nitrogens with zero attached hydrogens (tertiary/aromatic N) is 3. The molecule has 0 spiro atoms. The van der Waals surface area contributed by atoms with Crippen LogP contribution in [0.25, 0.3) is 17.0 Å². The van der Waals surface area contributed by atoms with Crippen LogP contribution in [0.5, 0.6) is 0 Å². The molecule has 2 heterocycles. The third kappa shape index (κ3) is 5.14. The number of thioether (sulfide) groups is 1. The molecule has 9 nitrogen and oxygen atoms in total. The van der Waals surface area contributed by atoms with Crippen LogP contribution >= 0.6 is 11.8 Å². The van der Waals surface area contributed by atoms with Crippen LogP contribution < -0.4 is 5.32 Å². The molecule has 0 saturated carbocycles. The van der Waals surface area contributed by atoms with Gasteiger partial charge in [-0.3, -0.25) is 29.4 Å². The molecule has 1 saturated heterocycles. The highest BCUT2D eigenvalue weighted by Crippen LogP contribution is 2.35. The lowest BCUT2D eigenvalue weighted by atomic mass is 10.1. The largest absolute Gasteiger partial charge is 0.337 e. The zero-order valence-corrected chi connectivity index (χ0v) is 20.2. The highest BCUT2D eigenvalue weighted by atomic mass is 32.2. The quantitative estimate of drug-likeness (QED) is 0.201. The molecule has 184 valence electrons. The number of fused-ring (bicyclic) bond motifs is 1. The molecule has 3 amide bonds. The van der Waals surface area contributed by atoms with E-state index in [1.807, 2.05) is 42.5 Å². The van der Waals surface area contributed by atoms with E-state index in [-0.39, 0.29) is 29.6 Å². The average molecular weight is 513 g/mol. The van der Waals surface area contributed by atoms with Crippen LogP contribution in [0.4, 0.5) is 16.2 Å². The van der Waals surface area contributed by atoms with Crippen molar-refractivity contribution in [2.24, 2.45) is 0 Å². The second-order valence-corrected chi connectivity index (χ2v) is 9.33. The SMILES string of the molecule is O=C(Cn1cc(/C=C2/SC(=O)N(Cc3cccc([N+](=O)[O-])c3)C2=O)c2ccccc21)Nc1ccccc1. The number of nitro groups is 1. The lowest BCUT2D eigenvalue weighted by Crippen LogP contribution is -2.27. The minimum atomic E-state index is -0.521. The zero-order chi connectivity index (χ0) is 25.9. The monoisotopic (exact) mass is 512 g/mol. The summed E-state index contributed by atoms with van der Waals surface area (Å²) in [4.78, 5) is 50.2. The Morgan fingerprint density at radius 1 is 1.00 bits per heavy atom. The summed E-state index contributed by atoms with van der Waals surface area (Å²) in [7, 11) is 0. The smallest absolute Gasteiger partial charge is 0.293 e. The number of anilines is 1. The third-order valence-corrected chi connectivity index (χ3v) is 6.72. The van der Waals surface area contributed by atoms with Gasteiger partial charge in [0.15, 0.2) is 0 Å². The number of rotatable bonds is 7. The minimum absolute atomic E-state index is 0.0644. The topological polar surface area (TPSA) is 115 Å². The summed E-state index contributed by atoms with van der Waals surface area (Å²) in [6, 6.07) is 22.5. The fraction of sp³-hybridized carbons (Fsp3) is 0.0741. The maximum absolute atomic E-state index is 13.1. The Morgan fingerprint density at radius 2 is 1.76 bits per heavy atom. The van der Waals surface area contributed by atoms with E-state index in [2.05, 4.69) is 5.32 Å². The van der Waals surface area contributed by atoms with Gasteiger partial charge in [0, 0.05) is 40.5 Å². The summed E-state index contributed by atoms with van der Waals surface area (Å²) >= 11 is 0.816. The van der Waals surface area contributed by atoms with Crippen molar-refractivity contribution in [3.63, 3.8) is 0 Å². The number of amides is 3. The van der Waals surface area contributed by atoms with Gasteiger partial charge in [0.1, 0.15) is 6.54 Å². The Balaban J connectivity index is 1.39. The number of nitrogens with one attached hydrogen (secondary N) is 1. The maximum atomic E-state index is 13.1. The van der Waals surface area contributed by atoms with E-state index in [9.17, 15) is 24.5 Å². The van der Waals surface area contributed by atoms with Gasteiger partial charge in [0.05, 0.1) is 16.4 Å². The molecule has 1 aliphatic rings. The fourth-order valence-corrected chi connectivity index (χ4v) is 4.96. The molecule has 1 fully saturated rings. The number of para-hydroxylation sites is 2. The lowest BCUT2D eigenvalue weighted by Gasteiger charge is -2.12. The summed E-state index contributed by atoms with van der Waals surface area (Å²) in [6.07, 6.45) is 3.43. The average Bonchev–Trinajstić information content (AvgIpc) is 3.36. The van der Waals surface area contributed by atoms with Crippen LogP contribution in [0, 0.1) is 10.1 Å². The van der Waals surface area contributed by atoms with Gasteiger partial charge >= 0.3 is 0 Å². The van der Waals surface area contributed by atoms with E-state index >= 15 is 0 Å². The first-order chi connectivity index (χ1) is 17.9. The summed E-state index contributed by atoms with van der Waals surface area (Å²) in [5, 5.41) is 14.3. The molecular formula is C27H20N4O5S. The van der Waals surface area contributed by atoms with Gasteiger partial charge in [-0.05, 0) is 41.6 Å². The van der Waals surface area contributed by atoms with Crippen molar-refractivity contribution < 1.29 is 19.3 Å². The Kier molecular flexibility index (Phi) is 6.57. The van der Waals surface area contributed by atoms with Crippen molar-refractivity contribution in [1.82, 2.24) is 9.47 Å². The standard InChI is InChI=1S/C27H20N4O5S/c32-25(28-20-8-2-1-3-9-20)17-29-16-19(22-11-4-5-12-23(22)29)14-24-26(33)30(27(34)37-24)15-18-7-6-10-21(13-18)31(35)36/h1-14,16H,15,17H2,(H,28,32)/b24-14+. The van der Waals surface area contributed by atoms with E-state index < -0.39 is 16.1 Å². The predicted molar refractivity (Wildman–Crippen MR) is 142 cm³/mol. The Bertz CT molecular complexity index is 1580. The normalized spacial score (nSPS) is 14.5. The van der Waals surface area contributed by atoms with Crippen LogP contribution in [0.3, 0.4) is 0 Å². The number of carbonyl (C=O) groups excluding carboxylic acids is 3. The molecule has 37 heavy (non-hydrogen) atoms. The Hall–Kier alpha value is -4.70. The molecule has 1 aliphatic heterocycles. The van der Waals surface area contributed by atoms with Crippen molar-refractivity contribution in [3.8, 4) is 0 Å². The van der Waals surface area contributed by atoms with Crippen molar-refractivity contribution >= 4 is 57.2 Å². The number of carbonyl (C=O) groups is 3. The summed E-state index contributed by atoms with van der Waals surface area (Å²) in [5.74, 6) is -0.670. The van der Waals surface area contributed by atoms with Gasteiger partial charge in [-0.25, -0.2) is 0 Å². The van der Waals surface area contributed by atoms with Crippen LogP contribution in [-0.4, -0.2) is 31.4 Å². The van der Waals surface area contributed by atoms with Crippen LogP contribution in [-0.2, 0) is 22.7 Å². The molecule has 0 unspecified atom stereocenters. The van der Waals surface area contributed by atoms with Gasteiger partial charge in [0.2, 0.25) is 5.91 Å². The molecule has 0 atom stereocenters. The van der Waals surface area contributed by atoms with Crippen LogP contribution in [0.15, 0.2) is 90.0 Å². The van der Waals surface area contributed by atoms with Crippen molar-refractivity contribution in [1.29, 1.82) is 0 Å². The number of benzene rings is 3. The molecule has 1 aromatic heterocycles. The number of non-ortho nitro benzene ring substituents is 1. The highest BCUT2D eigenvalue weighted by Gasteiger charge is 2.35. The Morgan fingerprint density at radius 3 is 2.54 bits per heavy atom. The van der Waals surface area contributed by atoms with E-state index in [1.54, 1.807) is 35.0 Å². The first-order valence-corrected chi connectivity index (χ1v) is 12.1. The maximum Gasteiger partial charge on any atom is 0.293 e. The molecule has 3 aromatic carbocycles. The van der Waals surface area contributed by atoms with Crippen LogP contribution in [0.2, 0.25) is 0 Å². The molecule has 0 radical (unpaired) electrons. The fourth-order valence-electron chi connectivity index (χ4n) is 4.13. The van der Waals surface area contributed by atoms with Crippen LogP contribution in [0.1, 0.15) is 11.1 Å². The summed E-state index contributed by atoms with van der Waals surface area (Å²) in [5.41, 5.74) is 2.58. The number of aromatic nitrogens is 1. The molecular weight excluding hydrogens is 492 g/mol. The first kappa shape index (κ1) is 24.0. The minimum Gasteiger partial charge on any atom is -0.337 e. The number of hydrogen-bond donors (Lipinski definition) is 1. The second kappa shape index (κ2) is 10.1. The van der Waals surface area contributed by atoms with Crippen molar-refractivity contribution in [3.05, 3.63) is 111 Å². The summed E-state index contributed by atoms with van der Waals surface area (Å²) < 4.78 is 1.80. The van der Waals surface area contributed by atoms with E-state index in [4.69, 9.17) is 0 Å². The molecule has 0 aliphatic carbocycles. The first-order valence-electron chi connectivity index (χ1n) is 11.3. The number of nitro benzene ring substituents is 1. The molecule has 5 rings (SSSR count). The van der Waals surface area contributed by atoms with Gasteiger partial charge in [-0.15, -0.1) is 0 Å². The lowest BCUT2D eigenvalue weighted by molar-refractivity contribution is -0.384. The molecule has 1 N–H and O–H groups in total. The summed E-state index contributed by atoms with van der Waals surface area (Å²) in [6.45, 7) is 0.00260. The second-order valence-electron chi connectivity index (χ2n) is 8.34. The van der Waals surface area contributed by atoms with E-state index in [1.165, 1.54) is 18.2 Å². The van der Waals surface area contributed by atoms with Gasteiger partial charge in [-0.1, -0.05) is 48.5 Å². The van der Waals surface area contributed by atoms with Gasteiger partial charge < -0.3 is 9.88 Å². The zero-order valence-electron chi connectivity index (χ0n) is 19.4. The van der Waals surface area contributed by atoms with Crippen molar-refractivity contribution in [2.45, 2.75) is 13.1 Å². The highest BCUT2D eigenvalue weighted by molar-refractivity contribution is 8.18. The number of imide groups is 1. The predicted octanol–water partition coefficient (Wildman–Crippen LogP) is 5.42. The van der Waals surface area contributed by atoms with Gasteiger partial charge in [0.25, 0.3) is 16.8 Å². The Labute approximate surface area is 215 Å². The van der Waals surface area contributed by atoms with Gasteiger partial charge in [-0.2, -0.15) is 0 Å². The number of hydrogen-bond acceptors (Lipinski definition) is 6. The third-order valence-electron chi connectivity index (χ3n) is 5.81. The molecule has 10 heteroatoms. The van der Waals surface area contributed by atoms with E-state index in [0.717, 1.165) is 27.6 Å². The molecule has 0 bridgehead atoms. The van der Waals surface area contributed by atoms with Crippen molar-refractivity contribution in [2.75, 3.05) is 5.32 Å². The molecule has 4 aromatic rings.